The second-order valence-corrected chi connectivity index (χ2v) is 5.72. The molecule has 1 aromatic carbocycles. The number of nitrogens with two attached hydrogens (primary N) is 1. The summed E-state index contributed by atoms with van der Waals surface area (Å²) in [7, 11) is 0. The van der Waals surface area contributed by atoms with Crippen molar-refractivity contribution in [2.45, 2.75) is 59.5 Å². The summed E-state index contributed by atoms with van der Waals surface area (Å²) in [6.45, 7) is 10.9. The molecule has 0 heterocycles. The quantitative estimate of drug-likeness (QED) is 0.694. The summed E-state index contributed by atoms with van der Waals surface area (Å²) in [4.78, 5) is 2.57. The third kappa shape index (κ3) is 5.64. The fraction of sp³-hybridized carbons (Fsp3) is 0.667. The Labute approximate surface area is 125 Å². The molecule has 1 unspecified atom stereocenters. The molecule has 0 bridgehead atoms. The van der Waals surface area contributed by atoms with Gasteiger partial charge in [-0.2, -0.15) is 0 Å². The van der Waals surface area contributed by atoms with E-state index in [0.29, 0.717) is 6.54 Å². The molecule has 20 heavy (non-hydrogen) atoms. The molecule has 2 nitrogen and oxygen atoms in total. The fourth-order valence-corrected chi connectivity index (χ4v) is 2.74. The molecule has 0 spiro atoms. The highest BCUT2D eigenvalue weighted by Crippen LogP contribution is 2.17. The van der Waals surface area contributed by atoms with Gasteiger partial charge in [0, 0.05) is 19.6 Å². The topological polar surface area (TPSA) is 29.3 Å². The number of benzene rings is 1. The lowest BCUT2D eigenvalue weighted by Crippen LogP contribution is -2.29. The molecule has 0 aromatic heterocycles. The largest absolute Gasteiger partial charge is 0.326 e. The third-order valence-electron chi connectivity index (χ3n) is 4.24. The zero-order valence-corrected chi connectivity index (χ0v) is 13.6. The minimum Gasteiger partial charge on any atom is -0.326 e. The first-order chi connectivity index (χ1) is 9.74. The Morgan fingerprint density at radius 3 is 2.35 bits per heavy atom. The standard InChI is InChI=1S/C18H32N2/c1-4-7-10-16(5-2)14-20(6-3)15-18-12-9-8-11-17(18)13-19/h8-9,11-12,16H,4-7,10,13-15,19H2,1-3H3. The third-order valence-corrected chi connectivity index (χ3v) is 4.24. The highest BCUT2D eigenvalue weighted by Gasteiger charge is 2.12. The highest BCUT2D eigenvalue weighted by molar-refractivity contribution is 5.26. The maximum Gasteiger partial charge on any atom is 0.0236 e. The van der Waals surface area contributed by atoms with E-state index in [1.165, 1.54) is 43.4 Å². The van der Waals surface area contributed by atoms with E-state index in [1.54, 1.807) is 0 Å². The van der Waals surface area contributed by atoms with Gasteiger partial charge < -0.3 is 5.73 Å². The molecule has 1 rings (SSSR count). The molecule has 2 N–H and O–H groups in total. The average molecular weight is 276 g/mol. The van der Waals surface area contributed by atoms with Crippen LogP contribution in [0.15, 0.2) is 24.3 Å². The lowest BCUT2D eigenvalue weighted by Gasteiger charge is -2.26. The lowest BCUT2D eigenvalue weighted by atomic mass is 9.98. The summed E-state index contributed by atoms with van der Waals surface area (Å²) in [5.41, 5.74) is 8.52. The number of rotatable bonds is 10. The van der Waals surface area contributed by atoms with Crippen LogP contribution in [0.1, 0.15) is 57.6 Å². The van der Waals surface area contributed by atoms with Gasteiger partial charge in [-0.05, 0) is 30.0 Å². The van der Waals surface area contributed by atoms with Crippen LogP contribution in [0.25, 0.3) is 0 Å². The molecule has 2 heteroatoms. The first-order valence-corrected chi connectivity index (χ1v) is 8.24. The Bertz CT molecular complexity index is 362. The van der Waals surface area contributed by atoms with Gasteiger partial charge in [-0.15, -0.1) is 0 Å². The summed E-state index contributed by atoms with van der Waals surface area (Å²) in [6.07, 6.45) is 5.31. The van der Waals surface area contributed by atoms with Gasteiger partial charge in [0.05, 0.1) is 0 Å². The van der Waals surface area contributed by atoms with Crippen LogP contribution >= 0.6 is 0 Å². The van der Waals surface area contributed by atoms with Gasteiger partial charge in [0.2, 0.25) is 0 Å². The Morgan fingerprint density at radius 1 is 1.10 bits per heavy atom. The van der Waals surface area contributed by atoms with E-state index in [-0.39, 0.29) is 0 Å². The van der Waals surface area contributed by atoms with Gasteiger partial charge in [-0.3, -0.25) is 4.90 Å². The van der Waals surface area contributed by atoms with Crippen molar-refractivity contribution < 1.29 is 0 Å². The molecule has 0 aliphatic carbocycles. The fourth-order valence-electron chi connectivity index (χ4n) is 2.74. The molecule has 1 aromatic rings. The molecule has 0 saturated heterocycles. The summed E-state index contributed by atoms with van der Waals surface area (Å²) < 4.78 is 0. The minimum atomic E-state index is 0.640. The number of nitrogens with zero attached hydrogens (tertiary/aromatic N) is 1. The maximum atomic E-state index is 5.84. The van der Waals surface area contributed by atoms with E-state index in [2.05, 4.69) is 49.9 Å². The zero-order valence-electron chi connectivity index (χ0n) is 13.6. The molecule has 0 aliphatic heterocycles. The molecule has 1 atom stereocenters. The lowest BCUT2D eigenvalue weighted by molar-refractivity contribution is 0.220. The molecule has 0 fully saturated rings. The van der Waals surface area contributed by atoms with E-state index in [0.717, 1.165) is 19.0 Å². The summed E-state index contributed by atoms with van der Waals surface area (Å²) in [5, 5.41) is 0. The van der Waals surface area contributed by atoms with Crippen molar-refractivity contribution in [2.24, 2.45) is 11.7 Å². The van der Waals surface area contributed by atoms with Gasteiger partial charge in [-0.25, -0.2) is 0 Å². The molecular weight excluding hydrogens is 244 g/mol. The van der Waals surface area contributed by atoms with Gasteiger partial charge in [0.1, 0.15) is 0 Å². The number of hydrogen-bond acceptors (Lipinski definition) is 2. The van der Waals surface area contributed by atoms with Crippen molar-refractivity contribution in [1.29, 1.82) is 0 Å². The van der Waals surface area contributed by atoms with Gasteiger partial charge in [0.25, 0.3) is 0 Å². The molecule has 114 valence electrons. The van der Waals surface area contributed by atoms with E-state index < -0.39 is 0 Å². The van der Waals surface area contributed by atoms with Crippen molar-refractivity contribution in [3.05, 3.63) is 35.4 Å². The Kier molecular flexibility index (Phi) is 8.56. The van der Waals surface area contributed by atoms with Crippen LogP contribution < -0.4 is 5.73 Å². The first kappa shape index (κ1) is 17.2. The first-order valence-electron chi connectivity index (χ1n) is 8.24. The van der Waals surface area contributed by atoms with Crippen molar-refractivity contribution in [3.63, 3.8) is 0 Å². The molecule has 0 aliphatic rings. The predicted molar refractivity (Wildman–Crippen MR) is 88.6 cm³/mol. The van der Waals surface area contributed by atoms with Crippen LogP contribution in [-0.2, 0) is 13.1 Å². The van der Waals surface area contributed by atoms with E-state index in [9.17, 15) is 0 Å². The second kappa shape index (κ2) is 9.95. The molecule has 0 saturated carbocycles. The van der Waals surface area contributed by atoms with E-state index in [1.807, 2.05) is 0 Å². The van der Waals surface area contributed by atoms with Crippen molar-refractivity contribution >= 4 is 0 Å². The van der Waals surface area contributed by atoms with Crippen LogP contribution in [0.5, 0.6) is 0 Å². The van der Waals surface area contributed by atoms with E-state index in [4.69, 9.17) is 5.73 Å². The number of hydrogen-bond donors (Lipinski definition) is 1. The predicted octanol–water partition coefficient (Wildman–Crippen LogP) is 4.18. The Morgan fingerprint density at radius 2 is 1.80 bits per heavy atom. The minimum absolute atomic E-state index is 0.640. The summed E-state index contributed by atoms with van der Waals surface area (Å²) in [5.74, 6) is 0.833. The second-order valence-electron chi connectivity index (χ2n) is 5.72. The smallest absolute Gasteiger partial charge is 0.0236 e. The van der Waals surface area contributed by atoms with Gasteiger partial charge in [-0.1, -0.05) is 64.3 Å². The van der Waals surface area contributed by atoms with Crippen molar-refractivity contribution in [2.75, 3.05) is 13.1 Å². The molecule has 0 amide bonds. The van der Waals surface area contributed by atoms with Crippen molar-refractivity contribution in [1.82, 2.24) is 4.90 Å². The highest BCUT2D eigenvalue weighted by atomic mass is 15.1. The maximum absolute atomic E-state index is 5.84. The van der Waals surface area contributed by atoms with Crippen LogP contribution in [0, 0.1) is 5.92 Å². The van der Waals surface area contributed by atoms with Gasteiger partial charge in [0.15, 0.2) is 0 Å². The molecular formula is C18H32N2. The molecule has 0 radical (unpaired) electrons. The van der Waals surface area contributed by atoms with Crippen LogP contribution in [0.3, 0.4) is 0 Å². The van der Waals surface area contributed by atoms with Crippen LogP contribution in [0.4, 0.5) is 0 Å². The van der Waals surface area contributed by atoms with E-state index >= 15 is 0 Å². The van der Waals surface area contributed by atoms with Gasteiger partial charge >= 0.3 is 0 Å². The monoisotopic (exact) mass is 276 g/mol. The van der Waals surface area contributed by atoms with Crippen LogP contribution in [0.2, 0.25) is 0 Å². The SMILES string of the molecule is CCCCC(CC)CN(CC)Cc1ccccc1CN. The van der Waals surface area contributed by atoms with Crippen molar-refractivity contribution in [3.8, 4) is 0 Å². The normalized spacial score (nSPS) is 12.8. The number of unbranched alkanes of at least 4 members (excludes halogenated alkanes) is 1. The van der Waals surface area contributed by atoms with Crippen LogP contribution in [-0.4, -0.2) is 18.0 Å². The average Bonchev–Trinajstić information content (AvgIpc) is 2.50. The summed E-state index contributed by atoms with van der Waals surface area (Å²) >= 11 is 0. The summed E-state index contributed by atoms with van der Waals surface area (Å²) in [6, 6.07) is 8.57. The Hall–Kier alpha value is -0.860. The Balaban J connectivity index is 2.61. The zero-order chi connectivity index (χ0) is 14.8.